The molecule has 1 aromatic heterocycles. The van der Waals surface area contributed by atoms with E-state index in [0.717, 1.165) is 17.7 Å². The standard InChI is InChI=1S/C21H20FN3O/c1-15(24-14-16-3-2-12-23-13-16)17-6-10-20(11-7-17)25-21(26)18-4-8-19(22)9-5-18/h2-13,15,24H,14H2,1H3,(H,25,26)/t15-/m0/s1. The van der Waals surface area contributed by atoms with E-state index >= 15 is 0 Å². The van der Waals surface area contributed by atoms with Crippen molar-refractivity contribution >= 4 is 11.6 Å². The molecule has 132 valence electrons. The number of hydrogen-bond donors (Lipinski definition) is 2. The highest BCUT2D eigenvalue weighted by molar-refractivity contribution is 6.04. The molecular weight excluding hydrogens is 329 g/mol. The Balaban J connectivity index is 1.57. The summed E-state index contributed by atoms with van der Waals surface area (Å²) in [5.74, 6) is -0.626. The fourth-order valence-electron chi connectivity index (χ4n) is 2.55. The van der Waals surface area contributed by atoms with Crippen molar-refractivity contribution in [3.63, 3.8) is 0 Å². The molecule has 1 atom stereocenters. The zero-order valence-corrected chi connectivity index (χ0v) is 14.4. The minimum Gasteiger partial charge on any atom is -0.322 e. The first-order chi connectivity index (χ1) is 12.6. The summed E-state index contributed by atoms with van der Waals surface area (Å²) in [5.41, 5.74) is 3.36. The van der Waals surface area contributed by atoms with Gasteiger partial charge in [-0.2, -0.15) is 0 Å². The third kappa shape index (κ3) is 4.74. The van der Waals surface area contributed by atoms with E-state index in [1.54, 1.807) is 6.20 Å². The molecule has 2 N–H and O–H groups in total. The number of nitrogens with one attached hydrogen (secondary N) is 2. The molecule has 4 nitrogen and oxygen atoms in total. The van der Waals surface area contributed by atoms with Gasteiger partial charge in [-0.25, -0.2) is 4.39 Å². The van der Waals surface area contributed by atoms with E-state index in [4.69, 9.17) is 0 Å². The molecular formula is C21H20FN3O. The van der Waals surface area contributed by atoms with Crippen LogP contribution in [0.5, 0.6) is 0 Å². The number of aromatic nitrogens is 1. The fourth-order valence-corrected chi connectivity index (χ4v) is 2.55. The van der Waals surface area contributed by atoms with Gasteiger partial charge >= 0.3 is 0 Å². The molecule has 0 saturated heterocycles. The van der Waals surface area contributed by atoms with E-state index in [2.05, 4.69) is 22.5 Å². The van der Waals surface area contributed by atoms with Gasteiger partial charge in [-0.3, -0.25) is 9.78 Å². The maximum atomic E-state index is 12.9. The SMILES string of the molecule is C[C@H](NCc1cccnc1)c1ccc(NC(=O)c2ccc(F)cc2)cc1. The van der Waals surface area contributed by atoms with Gasteiger partial charge in [-0.05, 0) is 60.5 Å². The van der Waals surface area contributed by atoms with Crippen molar-refractivity contribution in [1.82, 2.24) is 10.3 Å². The second-order valence-corrected chi connectivity index (χ2v) is 6.05. The number of amides is 1. The molecule has 1 amide bonds. The van der Waals surface area contributed by atoms with Gasteiger partial charge in [0, 0.05) is 36.2 Å². The van der Waals surface area contributed by atoms with Crippen LogP contribution in [-0.2, 0) is 6.54 Å². The molecule has 0 aliphatic rings. The number of halogens is 1. The Kier molecular flexibility index (Phi) is 5.71. The highest BCUT2D eigenvalue weighted by Crippen LogP contribution is 2.17. The van der Waals surface area contributed by atoms with Crippen LogP contribution >= 0.6 is 0 Å². The van der Waals surface area contributed by atoms with Crippen LogP contribution in [-0.4, -0.2) is 10.9 Å². The molecule has 0 aliphatic heterocycles. The molecule has 1 heterocycles. The summed E-state index contributed by atoms with van der Waals surface area (Å²) in [5, 5.41) is 6.26. The lowest BCUT2D eigenvalue weighted by Gasteiger charge is -2.15. The Morgan fingerprint density at radius 2 is 1.81 bits per heavy atom. The Hall–Kier alpha value is -3.05. The number of carbonyl (C=O) groups is 1. The maximum Gasteiger partial charge on any atom is 0.255 e. The Bertz CT molecular complexity index is 849. The summed E-state index contributed by atoms with van der Waals surface area (Å²) < 4.78 is 12.9. The molecule has 3 aromatic rings. The van der Waals surface area contributed by atoms with Gasteiger partial charge in [-0.15, -0.1) is 0 Å². The van der Waals surface area contributed by atoms with Gasteiger partial charge in [0.2, 0.25) is 0 Å². The van der Waals surface area contributed by atoms with E-state index in [9.17, 15) is 9.18 Å². The van der Waals surface area contributed by atoms with Crippen molar-refractivity contribution < 1.29 is 9.18 Å². The number of nitrogens with zero attached hydrogens (tertiary/aromatic N) is 1. The van der Waals surface area contributed by atoms with Crippen LogP contribution in [0.3, 0.4) is 0 Å². The van der Waals surface area contributed by atoms with Crippen molar-refractivity contribution in [3.8, 4) is 0 Å². The van der Waals surface area contributed by atoms with Crippen LogP contribution in [0.15, 0.2) is 73.1 Å². The van der Waals surface area contributed by atoms with Crippen LogP contribution in [0.2, 0.25) is 0 Å². The number of anilines is 1. The number of hydrogen-bond acceptors (Lipinski definition) is 3. The van der Waals surface area contributed by atoms with Gasteiger partial charge in [-0.1, -0.05) is 18.2 Å². The highest BCUT2D eigenvalue weighted by Gasteiger charge is 2.08. The molecule has 0 fully saturated rings. The fraction of sp³-hybridized carbons (Fsp3) is 0.143. The monoisotopic (exact) mass is 349 g/mol. The van der Waals surface area contributed by atoms with Crippen molar-refractivity contribution in [1.29, 1.82) is 0 Å². The largest absolute Gasteiger partial charge is 0.322 e. The van der Waals surface area contributed by atoms with Crippen molar-refractivity contribution in [2.45, 2.75) is 19.5 Å². The summed E-state index contributed by atoms with van der Waals surface area (Å²) in [6.07, 6.45) is 3.60. The molecule has 0 bridgehead atoms. The second kappa shape index (κ2) is 8.36. The molecule has 0 unspecified atom stereocenters. The van der Waals surface area contributed by atoms with E-state index in [1.165, 1.54) is 24.3 Å². The molecule has 0 saturated carbocycles. The second-order valence-electron chi connectivity index (χ2n) is 6.05. The number of pyridine rings is 1. The highest BCUT2D eigenvalue weighted by atomic mass is 19.1. The molecule has 0 spiro atoms. The quantitative estimate of drug-likeness (QED) is 0.697. The van der Waals surface area contributed by atoms with E-state index in [0.29, 0.717) is 11.3 Å². The third-order valence-electron chi connectivity index (χ3n) is 4.11. The molecule has 26 heavy (non-hydrogen) atoms. The van der Waals surface area contributed by atoms with Crippen molar-refractivity contribution in [3.05, 3.63) is 95.6 Å². The molecule has 3 rings (SSSR count). The Morgan fingerprint density at radius 3 is 2.46 bits per heavy atom. The van der Waals surface area contributed by atoms with Gasteiger partial charge in [0.25, 0.3) is 5.91 Å². The van der Waals surface area contributed by atoms with Crippen LogP contribution in [0, 0.1) is 5.82 Å². The van der Waals surface area contributed by atoms with Crippen LogP contribution < -0.4 is 10.6 Å². The summed E-state index contributed by atoms with van der Waals surface area (Å²) >= 11 is 0. The van der Waals surface area contributed by atoms with Crippen LogP contribution in [0.25, 0.3) is 0 Å². The number of rotatable bonds is 6. The Morgan fingerprint density at radius 1 is 1.08 bits per heavy atom. The minimum atomic E-state index is -0.362. The third-order valence-corrected chi connectivity index (χ3v) is 4.11. The van der Waals surface area contributed by atoms with E-state index < -0.39 is 0 Å². The van der Waals surface area contributed by atoms with Gasteiger partial charge in [0.05, 0.1) is 0 Å². The van der Waals surface area contributed by atoms with Crippen molar-refractivity contribution in [2.75, 3.05) is 5.32 Å². The first-order valence-electron chi connectivity index (χ1n) is 8.41. The smallest absolute Gasteiger partial charge is 0.255 e. The summed E-state index contributed by atoms with van der Waals surface area (Å²) in [4.78, 5) is 16.3. The Labute approximate surface area is 152 Å². The lowest BCUT2D eigenvalue weighted by atomic mass is 10.1. The van der Waals surface area contributed by atoms with Gasteiger partial charge < -0.3 is 10.6 Å². The maximum absolute atomic E-state index is 12.9. The average molecular weight is 349 g/mol. The van der Waals surface area contributed by atoms with Gasteiger partial charge in [0.15, 0.2) is 0 Å². The molecule has 5 heteroatoms. The predicted octanol–water partition coefficient (Wildman–Crippen LogP) is 4.32. The first-order valence-corrected chi connectivity index (χ1v) is 8.41. The van der Waals surface area contributed by atoms with Gasteiger partial charge in [0.1, 0.15) is 5.82 Å². The van der Waals surface area contributed by atoms with Crippen molar-refractivity contribution in [2.24, 2.45) is 0 Å². The zero-order valence-electron chi connectivity index (χ0n) is 14.4. The lowest BCUT2D eigenvalue weighted by molar-refractivity contribution is 0.102. The zero-order chi connectivity index (χ0) is 18.4. The summed E-state index contributed by atoms with van der Waals surface area (Å²) in [6.45, 7) is 2.82. The molecule has 2 aromatic carbocycles. The first kappa shape index (κ1) is 17.8. The topological polar surface area (TPSA) is 54.0 Å². The average Bonchev–Trinajstić information content (AvgIpc) is 2.68. The molecule has 0 radical (unpaired) electrons. The summed E-state index contributed by atoms with van der Waals surface area (Å²) in [6, 6.07) is 17.2. The molecule has 0 aliphatic carbocycles. The van der Waals surface area contributed by atoms with E-state index in [-0.39, 0.29) is 17.8 Å². The summed E-state index contributed by atoms with van der Waals surface area (Å²) in [7, 11) is 0. The van der Waals surface area contributed by atoms with Crippen LogP contribution in [0.1, 0.15) is 34.5 Å². The minimum absolute atomic E-state index is 0.164. The number of carbonyl (C=O) groups excluding carboxylic acids is 1. The van der Waals surface area contributed by atoms with Crippen LogP contribution in [0.4, 0.5) is 10.1 Å². The predicted molar refractivity (Wildman–Crippen MR) is 100 cm³/mol. The lowest BCUT2D eigenvalue weighted by Crippen LogP contribution is -2.18. The normalized spacial score (nSPS) is 11.8. The van der Waals surface area contributed by atoms with E-state index in [1.807, 2.05) is 42.6 Å². The number of benzene rings is 2.